The summed E-state index contributed by atoms with van der Waals surface area (Å²) in [7, 11) is 0. The van der Waals surface area contributed by atoms with E-state index in [-0.39, 0.29) is 18.0 Å². The van der Waals surface area contributed by atoms with Gasteiger partial charge in [0.2, 0.25) is 0 Å². The highest BCUT2D eigenvalue weighted by Crippen LogP contribution is 2.41. The van der Waals surface area contributed by atoms with Crippen LogP contribution in [0.3, 0.4) is 0 Å². The molecule has 5 nitrogen and oxygen atoms in total. The van der Waals surface area contributed by atoms with E-state index in [1.165, 1.54) is 16.9 Å². The van der Waals surface area contributed by atoms with Gasteiger partial charge in [-0.25, -0.2) is 9.97 Å². The third kappa shape index (κ3) is 2.69. The van der Waals surface area contributed by atoms with Gasteiger partial charge in [-0.1, -0.05) is 19.8 Å². The Morgan fingerprint density at radius 1 is 1.50 bits per heavy atom. The Morgan fingerprint density at radius 2 is 2.38 bits per heavy atom. The first-order valence-corrected chi connectivity index (χ1v) is 9.81. The van der Waals surface area contributed by atoms with Gasteiger partial charge >= 0.3 is 0 Å². The van der Waals surface area contributed by atoms with Gasteiger partial charge in [0, 0.05) is 28.7 Å². The molecule has 1 amide bonds. The summed E-state index contributed by atoms with van der Waals surface area (Å²) in [6.07, 6.45) is 11.2. The van der Waals surface area contributed by atoms with E-state index >= 15 is 0 Å². The molecule has 1 aliphatic rings. The van der Waals surface area contributed by atoms with Crippen LogP contribution in [0.4, 0.5) is 0 Å². The van der Waals surface area contributed by atoms with Gasteiger partial charge in [-0.15, -0.1) is 17.8 Å². The molecule has 4 heterocycles. The number of carbonyl (C=O) groups excluding carboxylic acids is 1. The second-order valence-electron chi connectivity index (χ2n) is 6.59. The van der Waals surface area contributed by atoms with Gasteiger partial charge in [-0.05, 0) is 36.5 Å². The third-order valence-corrected chi connectivity index (χ3v) is 5.68. The zero-order valence-electron chi connectivity index (χ0n) is 14.6. The predicted octanol–water partition coefficient (Wildman–Crippen LogP) is 3.69. The molecule has 132 valence electrons. The minimum atomic E-state index is -0.287. The predicted molar refractivity (Wildman–Crippen MR) is 103 cm³/mol. The number of hydrogen-bond acceptors (Lipinski definition) is 4. The molecule has 0 aliphatic carbocycles. The molecule has 0 radical (unpaired) electrons. The highest BCUT2D eigenvalue weighted by molar-refractivity contribution is 7.07. The number of amides is 1. The van der Waals surface area contributed by atoms with Crippen molar-refractivity contribution in [3.63, 3.8) is 0 Å². The summed E-state index contributed by atoms with van der Waals surface area (Å²) >= 11 is 1.52. The lowest BCUT2D eigenvalue weighted by molar-refractivity contribution is -0.130. The lowest BCUT2D eigenvalue weighted by Crippen LogP contribution is -2.47. The molecular weight excluding hydrogens is 344 g/mol. The van der Waals surface area contributed by atoms with Crippen molar-refractivity contribution in [1.29, 1.82) is 0 Å². The molecule has 3 aromatic heterocycles. The molecule has 0 fully saturated rings. The fourth-order valence-electron chi connectivity index (χ4n) is 3.92. The zero-order valence-corrected chi connectivity index (χ0v) is 15.4. The van der Waals surface area contributed by atoms with E-state index in [4.69, 9.17) is 6.42 Å². The van der Waals surface area contributed by atoms with Crippen molar-refractivity contribution in [3.8, 4) is 12.3 Å². The van der Waals surface area contributed by atoms with Gasteiger partial charge < -0.3 is 9.88 Å². The summed E-state index contributed by atoms with van der Waals surface area (Å²) in [5.41, 5.74) is 5.72. The maximum atomic E-state index is 12.7. The van der Waals surface area contributed by atoms with Crippen LogP contribution in [0, 0.1) is 12.3 Å². The number of nitrogens with zero attached hydrogens (tertiary/aromatic N) is 3. The van der Waals surface area contributed by atoms with Crippen LogP contribution >= 0.6 is 11.3 Å². The molecule has 0 bridgehead atoms. The van der Waals surface area contributed by atoms with E-state index in [0.29, 0.717) is 0 Å². The van der Waals surface area contributed by atoms with E-state index < -0.39 is 0 Å². The molecule has 0 unspecified atom stereocenters. The number of aromatic amines is 1. The van der Waals surface area contributed by atoms with E-state index in [9.17, 15) is 4.79 Å². The van der Waals surface area contributed by atoms with Crippen molar-refractivity contribution in [2.45, 2.75) is 44.7 Å². The molecule has 0 aromatic carbocycles. The summed E-state index contributed by atoms with van der Waals surface area (Å²) in [4.78, 5) is 27.0. The van der Waals surface area contributed by atoms with Gasteiger partial charge in [-0.2, -0.15) is 0 Å². The first-order valence-electron chi connectivity index (χ1n) is 8.87. The molecule has 2 atom stereocenters. The van der Waals surface area contributed by atoms with Crippen LogP contribution in [0.2, 0.25) is 0 Å². The molecule has 0 saturated carbocycles. The smallest absolute Gasteiger partial charge is 0.299 e. The minimum Gasteiger partial charge on any atom is -0.341 e. The lowest BCUT2D eigenvalue weighted by Gasteiger charge is -2.40. The van der Waals surface area contributed by atoms with E-state index in [1.807, 2.05) is 16.3 Å². The van der Waals surface area contributed by atoms with Crippen molar-refractivity contribution in [2.24, 2.45) is 0 Å². The molecular formula is C20H20N4OS. The number of carbonyl (C=O) groups is 1. The number of H-pyrrole nitrogens is 1. The average Bonchev–Trinajstić information content (AvgIpc) is 3.32. The number of fused-ring (bicyclic) bond motifs is 3. The minimum absolute atomic E-state index is 0.0666. The number of hydrogen-bond donors (Lipinski definition) is 1. The normalized spacial score (nSPS) is 19.3. The number of terminal acetylenes is 1. The molecule has 3 aromatic rings. The first kappa shape index (κ1) is 16.8. The van der Waals surface area contributed by atoms with Crippen molar-refractivity contribution < 1.29 is 4.79 Å². The Kier molecular flexibility index (Phi) is 4.48. The SMILES string of the molecule is C#CC(=O)N1[C@@H](CCCC)Cc2c([nH]c3ncccc23)[C@@H]1c1cscn1. The number of nitrogens with one attached hydrogen (secondary N) is 1. The Hall–Kier alpha value is -2.65. The fraction of sp³-hybridized carbons (Fsp3) is 0.350. The first-order chi connectivity index (χ1) is 12.7. The molecule has 0 saturated heterocycles. The monoisotopic (exact) mass is 364 g/mol. The Labute approximate surface area is 156 Å². The molecule has 1 N–H and O–H groups in total. The Morgan fingerprint density at radius 3 is 3.12 bits per heavy atom. The van der Waals surface area contributed by atoms with Crippen LogP contribution in [-0.4, -0.2) is 31.8 Å². The lowest BCUT2D eigenvalue weighted by atomic mass is 9.88. The summed E-state index contributed by atoms with van der Waals surface area (Å²) in [6.45, 7) is 2.16. The summed E-state index contributed by atoms with van der Waals surface area (Å²) < 4.78 is 0. The quantitative estimate of drug-likeness (QED) is 0.718. The highest BCUT2D eigenvalue weighted by Gasteiger charge is 2.40. The van der Waals surface area contributed by atoms with Crippen LogP contribution in [0.15, 0.2) is 29.2 Å². The molecule has 26 heavy (non-hydrogen) atoms. The van der Waals surface area contributed by atoms with Gasteiger partial charge in [0.05, 0.1) is 11.2 Å². The molecule has 1 aliphatic heterocycles. The van der Waals surface area contributed by atoms with Gasteiger partial charge in [-0.3, -0.25) is 4.79 Å². The van der Waals surface area contributed by atoms with Crippen LogP contribution in [-0.2, 0) is 11.2 Å². The van der Waals surface area contributed by atoms with E-state index in [0.717, 1.165) is 48.1 Å². The van der Waals surface area contributed by atoms with Crippen molar-refractivity contribution in [3.05, 3.63) is 46.2 Å². The van der Waals surface area contributed by atoms with Crippen molar-refractivity contribution in [1.82, 2.24) is 19.9 Å². The second-order valence-corrected chi connectivity index (χ2v) is 7.31. The Balaban J connectivity index is 1.91. The Bertz CT molecular complexity index is 970. The number of pyridine rings is 1. The maximum absolute atomic E-state index is 12.7. The fourth-order valence-corrected chi connectivity index (χ4v) is 4.49. The third-order valence-electron chi connectivity index (χ3n) is 5.08. The van der Waals surface area contributed by atoms with Gasteiger partial charge in [0.1, 0.15) is 11.7 Å². The number of rotatable bonds is 4. The maximum Gasteiger partial charge on any atom is 0.299 e. The number of thiazole rings is 1. The van der Waals surface area contributed by atoms with Gasteiger partial charge in [0.25, 0.3) is 5.91 Å². The zero-order chi connectivity index (χ0) is 18.1. The summed E-state index contributed by atoms with van der Waals surface area (Å²) in [6, 6.07) is 3.82. The van der Waals surface area contributed by atoms with Gasteiger partial charge in [0.15, 0.2) is 0 Å². The number of unbranched alkanes of at least 4 members (excludes halogenated alkanes) is 1. The van der Waals surface area contributed by atoms with Crippen LogP contribution in [0.5, 0.6) is 0 Å². The van der Waals surface area contributed by atoms with Crippen molar-refractivity contribution in [2.75, 3.05) is 0 Å². The topological polar surface area (TPSA) is 61.9 Å². The molecule has 6 heteroatoms. The summed E-state index contributed by atoms with van der Waals surface area (Å²) in [5.74, 6) is 2.05. The highest BCUT2D eigenvalue weighted by atomic mass is 32.1. The van der Waals surface area contributed by atoms with Crippen LogP contribution in [0.1, 0.15) is 49.2 Å². The van der Waals surface area contributed by atoms with Crippen LogP contribution < -0.4 is 0 Å². The van der Waals surface area contributed by atoms with E-state index in [2.05, 4.69) is 33.9 Å². The van der Waals surface area contributed by atoms with Crippen LogP contribution in [0.25, 0.3) is 11.0 Å². The standard InChI is InChI=1S/C20H20N4OS/c1-3-5-7-13-10-15-14-8-6-9-21-20(14)23-18(15)19(16-11-26-12-22-16)24(13)17(25)4-2/h2,6,8-9,11-13,19H,3,5,7,10H2,1H3,(H,21,23)/t13-,19-/m0/s1. The van der Waals surface area contributed by atoms with E-state index in [1.54, 1.807) is 11.7 Å². The van der Waals surface area contributed by atoms with Crippen molar-refractivity contribution >= 4 is 28.3 Å². The second kappa shape index (κ2) is 6.93. The molecule has 4 rings (SSSR count). The molecule has 0 spiro atoms. The summed E-state index contributed by atoms with van der Waals surface area (Å²) in [5, 5.41) is 3.11. The number of aromatic nitrogens is 3. The largest absolute Gasteiger partial charge is 0.341 e. The average molecular weight is 364 g/mol.